The summed E-state index contributed by atoms with van der Waals surface area (Å²) in [4.78, 5) is 13.9. The molecular formula is C18H23FN4O2. The Balaban J connectivity index is 1.73. The van der Waals surface area contributed by atoms with E-state index in [9.17, 15) is 14.3 Å². The molecule has 1 aliphatic heterocycles. The maximum Gasteiger partial charge on any atom is 0.321 e. The lowest BCUT2D eigenvalue weighted by atomic mass is 9.96. The number of aliphatic hydroxyl groups excluding tert-OH is 1. The number of carbonyl (C=O) groups excluding carboxylic acids is 1. The predicted molar refractivity (Wildman–Crippen MR) is 93.4 cm³/mol. The molecule has 2 atom stereocenters. The van der Waals surface area contributed by atoms with Crippen molar-refractivity contribution in [2.45, 2.75) is 33.3 Å². The zero-order chi connectivity index (χ0) is 18.1. The van der Waals surface area contributed by atoms with Gasteiger partial charge >= 0.3 is 6.03 Å². The van der Waals surface area contributed by atoms with E-state index in [0.717, 1.165) is 17.8 Å². The zero-order valence-electron chi connectivity index (χ0n) is 14.7. The number of nitrogens with one attached hydrogen (secondary N) is 1. The third kappa shape index (κ3) is 3.66. The first-order chi connectivity index (χ1) is 11.8. The summed E-state index contributed by atoms with van der Waals surface area (Å²) in [6.07, 6.45) is 0.226. The van der Waals surface area contributed by atoms with Gasteiger partial charge in [0.05, 0.1) is 11.8 Å². The van der Waals surface area contributed by atoms with Gasteiger partial charge in [-0.15, -0.1) is 0 Å². The van der Waals surface area contributed by atoms with E-state index >= 15 is 0 Å². The number of benzene rings is 1. The van der Waals surface area contributed by atoms with Crippen molar-refractivity contribution in [1.82, 2.24) is 14.7 Å². The summed E-state index contributed by atoms with van der Waals surface area (Å²) in [7, 11) is 0. The lowest BCUT2D eigenvalue weighted by Crippen LogP contribution is -2.47. The van der Waals surface area contributed by atoms with Crippen molar-refractivity contribution < 1.29 is 14.3 Å². The number of aromatic nitrogens is 2. The molecule has 6 nitrogen and oxygen atoms in total. The number of hydrogen-bond acceptors (Lipinski definition) is 3. The Morgan fingerprint density at radius 1 is 1.36 bits per heavy atom. The number of urea groups is 1. The van der Waals surface area contributed by atoms with Gasteiger partial charge in [-0.1, -0.05) is 6.92 Å². The van der Waals surface area contributed by atoms with Crippen LogP contribution in [0.5, 0.6) is 0 Å². The first-order valence-corrected chi connectivity index (χ1v) is 8.42. The number of β-amino-alcohol motifs (C(OH)–C–C–N with tert-alkyl or cyclic N) is 1. The predicted octanol–water partition coefficient (Wildman–Crippen LogP) is 2.86. The van der Waals surface area contributed by atoms with Crippen molar-refractivity contribution in [2.75, 3.05) is 18.4 Å². The van der Waals surface area contributed by atoms with Crippen LogP contribution in [-0.4, -0.2) is 45.0 Å². The normalized spacial score (nSPS) is 20.6. The molecule has 2 aromatic rings. The Morgan fingerprint density at radius 2 is 2.12 bits per heavy atom. The number of halogens is 1. The van der Waals surface area contributed by atoms with Crippen LogP contribution in [-0.2, 0) is 0 Å². The van der Waals surface area contributed by atoms with E-state index in [2.05, 4.69) is 10.4 Å². The molecule has 2 unspecified atom stereocenters. The first kappa shape index (κ1) is 17.4. The lowest BCUT2D eigenvalue weighted by Gasteiger charge is -2.34. The summed E-state index contributed by atoms with van der Waals surface area (Å²) in [6.45, 7) is 6.55. The van der Waals surface area contributed by atoms with Crippen molar-refractivity contribution in [2.24, 2.45) is 5.92 Å². The van der Waals surface area contributed by atoms with E-state index in [0.29, 0.717) is 24.5 Å². The Bertz CT molecular complexity index is 789. The number of nitrogens with zero attached hydrogens (tertiary/aromatic N) is 3. The Morgan fingerprint density at radius 3 is 2.72 bits per heavy atom. The van der Waals surface area contributed by atoms with Crippen LogP contribution in [0.2, 0.25) is 0 Å². The molecule has 0 spiro atoms. The van der Waals surface area contributed by atoms with Gasteiger partial charge in [-0.3, -0.25) is 0 Å². The van der Waals surface area contributed by atoms with Crippen LogP contribution in [0.15, 0.2) is 24.3 Å². The number of piperidine rings is 1. The summed E-state index contributed by atoms with van der Waals surface area (Å²) < 4.78 is 16.0. The standard InChI is InChI=1S/C18H23FN4O2/c1-11-6-7-22(10-17(11)24)18(25)20-14-4-5-16(15(19)9-14)23-13(3)8-12(2)21-23/h4-5,8-9,11,17,24H,6-7,10H2,1-3H3,(H,20,25). The van der Waals surface area contributed by atoms with Crippen LogP contribution >= 0.6 is 0 Å². The minimum atomic E-state index is -0.523. The van der Waals surface area contributed by atoms with E-state index in [4.69, 9.17) is 0 Å². The van der Waals surface area contributed by atoms with Crippen molar-refractivity contribution >= 4 is 11.7 Å². The largest absolute Gasteiger partial charge is 0.391 e. The van der Waals surface area contributed by atoms with E-state index in [-0.39, 0.29) is 11.9 Å². The summed E-state index contributed by atoms with van der Waals surface area (Å²) in [5.41, 5.74) is 2.36. The molecule has 1 saturated heterocycles. The molecule has 1 aromatic heterocycles. The smallest absolute Gasteiger partial charge is 0.321 e. The Hall–Kier alpha value is -2.41. The molecule has 25 heavy (non-hydrogen) atoms. The highest BCUT2D eigenvalue weighted by atomic mass is 19.1. The molecule has 0 radical (unpaired) electrons. The fourth-order valence-corrected chi connectivity index (χ4v) is 3.07. The van der Waals surface area contributed by atoms with Crippen LogP contribution in [0.1, 0.15) is 24.7 Å². The van der Waals surface area contributed by atoms with Gasteiger partial charge in [0.15, 0.2) is 5.82 Å². The molecule has 3 rings (SSSR count). The molecular weight excluding hydrogens is 323 g/mol. The molecule has 2 amide bonds. The molecule has 2 heterocycles. The van der Waals surface area contributed by atoms with Crippen molar-refractivity contribution in [3.63, 3.8) is 0 Å². The van der Waals surface area contributed by atoms with E-state index in [1.807, 2.05) is 26.8 Å². The highest BCUT2D eigenvalue weighted by Gasteiger charge is 2.27. The second kappa shape index (κ2) is 6.84. The first-order valence-electron chi connectivity index (χ1n) is 8.42. The van der Waals surface area contributed by atoms with Crippen molar-refractivity contribution in [3.05, 3.63) is 41.5 Å². The van der Waals surface area contributed by atoms with Crippen LogP contribution in [0.25, 0.3) is 5.69 Å². The Labute approximate surface area is 146 Å². The number of rotatable bonds is 2. The van der Waals surface area contributed by atoms with Gasteiger partial charge in [-0.05, 0) is 50.5 Å². The number of anilines is 1. The SMILES string of the molecule is Cc1cc(C)n(-c2ccc(NC(=O)N3CCC(C)C(O)C3)cc2F)n1. The number of aliphatic hydroxyl groups is 1. The molecule has 7 heteroatoms. The average molecular weight is 346 g/mol. The van der Waals surface area contributed by atoms with Crippen molar-refractivity contribution in [3.8, 4) is 5.69 Å². The van der Waals surface area contributed by atoms with Gasteiger partial charge in [-0.25, -0.2) is 13.9 Å². The third-order valence-electron chi connectivity index (χ3n) is 4.64. The van der Waals surface area contributed by atoms with Crippen molar-refractivity contribution in [1.29, 1.82) is 0 Å². The maximum absolute atomic E-state index is 14.5. The van der Waals surface area contributed by atoms with Gasteiger partial charge < -0.3 is 15.3 Å². The number of carbonyl (C=O) groups is 1. The molecule has 1 aliphatic rings. The van der Waals surface area contributed by atoms with Crippen LogP contribution < -0.4 is 5.32 Å². The monoisotopic (exact) mass is 346 g/mol. The second-order valence-electron chi connectivity index (χ2n) is 6.71. The number of aryl methyl sites for hydroxylation is 2. The fraction of sp³-hybridized carbons (Fsp3) is 0.444. The summed E-state index contributed by atoms with van der Waals surface area (Å²) in [6, 6.07) is 6.07. The minimum Gasteiger partial charge on any atom is -0.391 e. The van der Waals surface area contributed by atoms with E-state index in [1.54, 1.807) is 21.7 Å². The zero-order valence-corrected chi connectivity index (χ0v) is 14.7. The summed E-state index contributed by atoms with van der Waals surface area (Å²) in [5, 5.41) is 16.9. The second-order valence-corrected chi connectivity index (χ2v) is 6.71. The average Bonchev–Trinajstić information content (AvgIpc) is 2.88. The lowest BCUT2D eigenvalue weighted by molar-refractivity contribution is 0.0464. The maximum atomic E-state index is 14.5. The molecule has 0 saturated carbocycles. The molecule has 1 fully saturated rings. The molecule has 0 aliphatic carbocycles. The molecule has 0 bridgehead atoms. The van der Waals surface area contributed by atoms with Crippen LogP contribution in [0.4, 0.5) is 14.9 Å². The minimum absolute atomic E-state index is 0.182. The molecule has 1 aromatic carbocycles. The van der Waals surface area contributed by atoms with Gasteiger partial charge in [0.25, 0.3) is 0 Å². The molecule has 2 N–H and O–H groups in total. The third-order valence-corrected chi connectivity index (χ3v) is 4.64. The summed E-state index contributed by atoms with van der Waals surface area (Å²) >= 11 is 0. The number of amides is 2. The fourth-order valence-electron chi connectivity index (χ4n) is 3.07. The number of hydrogen-bond donors (Lipinski definition) is 2. The van der Waals surface area contributed by atoms with Gasteiger partial charge in [0, 0.05) is 24.5 Å². The van der Waals surface area contributed by atoms with E-state index < -0.39 is 11.9 Å². The van der Waals surface area contributed by atoms with Crippen LogP contribution in [0.3, 0.4) is 0 Å². The molecule has 134 valence electrons. The van der Waals surface area contributed by atoms with Gasteiger partial charge in [0.2, 0.25) is 0 Å². The van der Waals surface area contributed by atoms with E-state index in [1.165, 1.54) is 6.07 Å². The topological polar surface area (TPSA) is 70.4 Å². The highest BCUT2D eigenvalue weighted by Crippen LogP contribution is 2.21. The van der Waals surface area contributed by atoms with Gasteiger partial charge in [0.1, 0.15) is 5.69 Å². The van der Waals surface area contributed by atoms with Gasteiger partial charge in [-0.2, -0.15) is 5.10 Å². The highest BCUT2D eigenvalue weighted by molar-refractivity contribution is 5.89. The number of likely N-dealkylation sites (tertiary alicyclic amines) is 1. The quantitative estimate of drug-likeness (QED) is 0.878. The Kier molecular flexibility index (Phi) is 4.76. The summed E-state index contributed by atoms with van der Waals surface area (Å²) in [5.74, 6) is -0.280. The van der Waals surface area contributed by atoms with Crippen LogP contribution in [0, 0.1) is 25.6 Å².